The van der Waals surface area contributed by atoms with Gasteiger partial charge in [-0.1, -0.05) is 41.4 Å². The minimum Gasteiger partial charge on any atom is -0.494 e. The molecule has 3 rings (SSSR count). The van der Waals surface area contributed by atoms with Crippen molar-refractivity contribution < 1.29 is 17.9 Å². The number of benzene rings is 2. The molecule has 0 radical (unpaired) electrons. The molecule has 1 amide bonds. The fraction of sp³-hybridized carbons (Fsp3) is 0.435. The average Bonchev–Trinajstić information content (AvgIpc) is 2.77. The molecule has 2 aromatic carbocycles. The number of hydrogen-bond donors (Lipinski definition) is 1. The normalized spacial score (nSPS) is 16.5. The molecule has 6 nitrogen and oxygen atoms in total. The number of amides is 1. The monoisotopic (exact) mass is 498 g/mol. The van der Waals surface area contributed by atoms with Crippen molar-refractivity contribution in [3.8, 4) is 5.75 Å². The van der Waals surface area contributed by atoms with E-state index in [1.165, 1.54) is 4.31 Å². The molecule has 1 saturated heterocycles. The molecule has 9 heteroatoms. The summed E-state index contributed by atoms with van der Waals surface area (Å²) in [7, 11) is -3.50. The second kappa shape index (κ2) is 10.9. The highest BCUT2D eigenvalue weighted by atomic mass is 35.5. The summed E-state index contributed by atoms with van der Waals surface area (Å²) in [6.07, 6.45) is 0.977. The predicted octanol–water partition coefficient (Wildman–Crippen LogP) is 4.81. The van der Waals surface area contributed by atoms with Crippen LogP contribution < -0.4 is 10.1 Å². The Labute approximate surface area is 199 Å². The number of halogens is 2. The van der Waals surface area contributed by atoms with Gasteiger partial charge in [-0.25, -0.2) is 12.7 Å². The number of nitrogens with one attached hydrogen (secondary N) is 1. The maximum atomic E-state index is 12.8. The second-order valence-corrected chi connectivity index (χ2v) is 10.7. The molecular formula is C23H28Cl2N2O4S. The molecule has 1 aliphatic rings. The van der Waals surface area contributed by atoms with E-state index in [1.807, 2.05) is 38.1 Å². The van der Waals surface area contributed by atoms with Crippen LogP contribution in [0.5, 0.6) is 5.75 Å². The number of sulfonamides is 1. The molecule has 0 aromatic heterocycles. The van der Waals surface area contributed by atoms with Crippen molar-refractivity contribution in [3.63, 3.8) is 0 Å². The molecular weight excluding hydrogens is 471 g/mol. The highest BCUT2D eigenvalue weighted by molar-refractivity contribution is 7.88. The molecule has 1 N–H and O–H groups in total. The van der Waals surface area contributed by atoms with Crippen LogP contribution in [0.4, 0.5) is 0 Å². The van der Waals surface area contributed by atoms with Gasteiger partial charge >= 0.3 is 0 Å². The number of ether oxygens (including phenoxy) is 1. The van der Waals surface area contributed by atoms with Crippen LogP contribution >= 0.6 is 23.2 Å². The summed E-state index contributed by atoms with van der Waals surface area (Å²) in [5, 5.41) is 3.77. The molecule has 32 heavy (non-hydrogen) atoms. The zero-order valence-electron chi connectivity index (χ0n) is 18.2. The summed E-state index contributed by atoms with van der Waals surface area (Å²) < 4.78 is 32.5. The Kier molecular flexibility index (Phi) is 8.44. The Balaban J connectivity index is 1.52. The van der Waals surface area contributed by atoms with E-state index in [4.69, 9.17) is 27.9 Å². The van der Waals surface area contributed by atoms with Crippen molar-refractivity contribution in [1.82, 2.24) is 9.62 Å². The third-order valence-electron chi connectivity index (χ3n) is 5.60. The number of hydrogen-bond acceptors (Lipinski definition) is 4. The minimum absolute atomic E-state index is 0.0482. The molecule has 0 spiro atoms. The quantitative estimate of drug-likeness (QED) is 0.566. The molecule has 1 heterocycles. The Bertz CT molecular complexity index is 1040. The van der Waals surface area contributed by atoms with E-state index in [9.17, 15) is 13.2 Å². The van der Waals surface area contributed by atoms with E-state index in [1.54, 1.807) is 18.2 Å². The third-order valence-corrected chi connectivity index (χ3v) is 8.19. The van der Waals surface area contributed by atoms with E-state index in [0.717, 1.165) is 11.3 Å². The first-order chi connectivity index (χ1) is 15.2. The van der Waals surface area contributed by atoms with Gasteiger partial charge in [-0.3, -0.25) is 4.79 Å². The average molecular weight is 499 g/mol. The molecule has 174 valence electrons. The highest BCUT2D eigenvalue weighted by Crippen LogP contribution is 2.26. The lowest BCUT2D eigenvalue weighted by molar-refractivity contribution is -0.126. The maximum Gasteiger partial charge on any atom is 0.223 e. The van der Waals surface area contributed by atoms with Crippen LogP contribution in [0.25, 0.3) is 0 Å². The first kappa shape index (κ1) is 24.8. The zero-order valence-corrected chi connectivity index (χ0v) is 20.5. The van der Waals surface area contributed by atoms with Gasteiger partial charge in [0.05, 0.1) is 28.4 Å². The van der Waals surface area contributed by atoms with Crippen molar-refractivity contribution in [3.05, 3.63) is 63.6 Å². The molecule has 0 bridgehead atoms. The third kappa shape index (κ3) is 6.38. The van der Waals surface area contributed by atoms with Crippen LogP contribution in [0, 0.1) is 5.92 Å². The molecule has 2 aromatic rings. The Morgan fingerprint density at radius 1 is 1.12 bits per heavy atom. The van der Waals surface area contributed by atoms with Crippen LogP contribution in [0.15, 0.2) is 42.5 Å². The van der Waals surface area contributed by atoms with Crippen molar-refractivity contribution >= 4 is 39.1 Å². The lowest BCUT2D eigenvalue weighted by Gasteiger charge is -2.31. The molecule has 1 fully saturated rings. The molecule has 1 aliphatic heterocycles. The lowest BCUT2D eigenvalue weighted by atomic mass is 9.96. The summed E-state index contributed by atoms with van der Waals surface area (Å²) in [5.41, 5.74) is 1.58. The Morgan fingerprint density at radius 3 is 2.38 bits per heavy atom. The van der Waals surface area contributed by atoms with Gasteiger partial charge in [-0.2, -0.15) is 0 Å². The number of rotatable bonds is 8. The minimum atomic E-state index is -3.50. The van der Waals surface area contributed by atoms with Gasteiger partial charge < -0.3 is 10.1 Å². The summed E-state index contributed by atoms with van der Waals surface area (Å²) in [4.78, 5) is 12.7. The zero-order chi connectivity index (χ0) is 23.3. The molecule has 0 unspecified atom stereocenters. The maximum absolute atomic E-state index is 12.8. The van der Waals surface area contributed by atoms with Gasteiger partial charge in [0.1, 0.15) is 5.75 Å². The largest absolute Gasteiger partial charge is 0.494 e. The molecule has 0 saturated carbocycles. The number of nitrogens with zero attached hydrogens (tertiary/aromatic N) is 1. The van der Waals surface area contributed by atoms with Gasteiger partial charge in [-0.05, 0) is 62.1 Å². The van der Waals surface area contributed by atoms with Crippen LogP contribution in [0.2, 0.25) is 10.0 Å². The SMILES string of the molecule is CCOc1ccc([C@H](C)NC(=O)C2CCN(S(=O)(=O)Cc3ccc(Cl)c(Cl)c3)CC2)cc1. The topological polar surface area (TPSA) is 75.7 Å². The van der Waals surface area contributed by atoms with E-state index in [0.29, 0.717) is 48.1 Å². The highest BCUT2D eigenvalue weighted by Gasteiger charge is 2.31. The first-order valence-corrected chi connectivity index (χ1v) is 13.0. The van der Waals surface area contributed by atoms with Crippen LogP contribution in [-0.2, 0) is 20.6 Å². The van der Waals surface area contributed by atoms with Crippen molar-refractivity contribution in [1.29, 1.82) is 0 Å². The lowest BCUT2D eigenvalue weighted by Crippen LogP contribution is -2.43. The fourth-order valence-electron chi connectivity index (χ4n) is 3.76. The smallest absolute Gasteiger partial charge is 0.223 e. The number of carbonyl (C=O) groups excluding carboxylic acids is 1. The van der Waals surface area contributed by atoms with Crippen molar-refractivity contribution in [2.75, 3.05) is 19.7 Å². The van der Waals surface area contributed by atoms with E-state index in [-0.39, 0.29) is 23.6 Å². The van der Waals surface area contributed by atoms with E-state index >= 15 is 0 Å². The van der Waals surface area contributed by atoms with Gasteiger partial charge in [0.25, 0.3) is 0 Å². The van der Waals surface area contributed by atoms with Gasteiger partial charge in [0, 0.05) is 19.0 Å². The van der Waals surface area contributed by atoms with Crippen LogP contribution in [-0.4, -0.2) is 38.3 Å². The first-order valence-electron chi connectivity index (χ1n) is 10.6. The van der Waals surface area contributed by atoms with E-state index < -0.39 is 10.0 Å². The summed E-state index contributed by atoms with van der Waals surface area (Å²) in [6.45, 7) is 5.11. The second-order valence-electron chi connectivity index (χ2n) is 7.91. The number of carbonyl (C=O) groups is 1. The Hall–Kier alpha value is -1.80. The Morgan fingerprint density at radius 2 is 1.78 bits per heavy atom. The molecule has 1 atom stereocenters. The van der Waals surface area contributed by atoms with Crippen LogP contribution in [0.1, 0.15) is 43.9 Å². The van der Waals surface area contributed by atoms with Crippen LogP contribution in [0.3, 0.4) is 0 Å². The molecule has 0 aliphatic carbocycles. The van der Waals surface area contributed by atoms with Crippen molar-refractivity contribution in [2.24, 2.45) is 5.92 Å². The standard InChI is InChI=1S/C23H28Cl2N2O4S/c1-3-31-20-7-5-18(6-8-20)16(2)26-23(28)19-10-12-27(13-11-19)32(29,30)15-17-4-9-21(24)22(25)14-17/h4-9,14,16,19H,3,10-13,15H2,1-2H3,(H,26,28)/t16-/m0/s1. The van der Waals surface area contributed by atoms with Gasteiger partial charge in [-0.15, -0.1) is 0 Å². The summed E-state index contributed by atoms with van der Waals surface area (Å²) in [5.74, 6) is 0.393. The van der Waals surface area contributed by atoms with Gasteiger partial charge in [0.2, 0.25) is 15.9 Å². The summed E-state index contributed by atoms with van der Waals surface area (Å²) >= 11 is 11.9. The fourth-order valence-corrected chi connectivity index (χ4v) is 5.63. The van der Waals surface area contributed by atoms with E-state index in [2.05, 4.69) is 5.32 Å². The predicted molar refractivity (Wildman–Crippen MR) is 128 cm³/mol. The summed E-state index contributed by atoms with van der Waals surface area (Å²) in [6, 6.07) is 12.3. The van der Waals surface area contributed by atoms with Crippen molar-refractivity contribution in [2.45, 2.75) is 38.5 Å². The number of piperidine rings is 1. The van der Waals surface area contributed by atoms with Gasteiger partial charge in [0.15, 0.2) is 0 Å².